The van der Waals surface area contributed by atoms with Gasteiger partial charge < -0.3 is 5.32 Å². The number of hydrogen-bond acceptors (Lipinski definition) is 3. The topological polar surface area (TPSA) is 46.4 Å². The lowest BCUT2D eigenvalue weighted by Gasteiger charge is -2.05. The zero-order valence-electron chi connectivity index (χ0n) is 10.5. The molecule has 5 heteroatoms. The normalized spacial score (nSPS) is 10.8. The van der Waals surface area contributed by atoms with Crippen molar-refractivity contribution in [1.82, 2.24) is 14.7 Å². The first-order valence-electron chi connectivity index (χ1n) is 5.99. The number of nitrogens with zero attached hydrogens (tertiary/aromatic N) is 2. The summed E-state index contributed by atoms with van der Waals surface area (Å²) in [5.74, 6) is -0.0607. The monoisotopic (exact) mass is 271 g/mol. The number of rotatable bonds is 3. The van der Waals surface area contributed by atoms with E-state index in [-0.39, 0.29) is 5.91 Å². The Balaban J connectivity index is 1.71. The van der Waals surface area contributed by atoms with Crippen molar-refractivity contribution in [2.24, 2.45) is 0 Å². The van der Waals surface area contributed by atoms with Crippen molar-refractivity contribution in [2.45, 2.75) is 13.5 Å². The number of carbonyl (C=O) groups excluding carboxylic acids is 1. The van der Waals surface area contributed by atoms with E-state index in [1.165, 1.54) is 0 Å². The highest BCUT2D eigenvalue weighted by molar-refractivity contribution is 7.15. The van der Waals surface area contributed by atoms with Gasteiger partial charge in [-0.1, -0.05) is 18.2 Å². The van der Waals surface area contributed by atoms with Gasteiger partial charge in [0.05, 0.1) is 12.2 Å². The Kier molecular flexibility index (Phi) is 3.05. The molecule has 0 radical (unpaired) electrons. The van der Waals surface area contributed by atoms with Crippen molar-refractivity contribution in [2.75, 3.05) is 0 Å². The van der Waals surface area contributed by atoms with Gasteiger partial charge in [0, 0.05) is 23.3 Å². The smallest absolute Gasteiger partial charge is 0.251 e. The van der Waals surface area contributed by atoms with Gasteiger partial charge in [-0.15, -0.1) is 11.3 Å². The molecular weight excluding hydrogens is 258 g/mol. The molecule has 0 saturated heterocycles. The lowest BCUT2D eigenvalue weighted by atomic mass is 10.1. The Morgan fingerprint density at radius 3 is 3.05 bits per heavy atom. The van der Waals surface area contributed by atoms with Crippen molar-refractivity contribution in [3.63, 3.8) is 0 Å². The molecule has 19 heavy (non-hydrogen) atoms. The third-order valence-electron chi connectivity index (χ3n) is 2.96. The molecule has 0 unspecified atom stereocenters. The molecule has 1 aromatic carbocycles. The molecule has 1 amide bonds. The quantitative estimate of drug-likeness (QED) is 0.796. The molecule has 0 fully saturated rings. The van der Waals surface area contributed by atoms with Gasteiger partial charge in [-0.3, -0.25) is 9.20 Å². The van der Waals surface area contributed by atoms with E-state index in [1.807, 2.05) is 53.4 Å². The number of fused-ring (bicyclic) bond motifs is 1. The third kappa shape index (κ3) is 2.37. The van der Waals surface area contributed by atoms with Crippen LogP contribution in [0.2, 0.25) is 0 Å². The van der Waals surface area contributed by atoms with E-state index >= 15 is 0 Å². The Labute approximate surface area is 114 Å². The van der Waals surface area contributed by atoms with E-state index in [9.17, 15) is 4.79 Å². The second-order valence-electron chi connectivity index (χ2n) is 4.32. The van der Waals surface area contributed by atoms with Crippen LogP contribution in [0.15, 0.2) is 42.0 Å². The van der Waals surface area contributed by atoms with Crippen LogP contribution in [0.1, 0.15) is 21.6 Å². The van der Waals surface area contributed by atoms with Crippen molar-refractivity contribution >= 4 is 22.2 Å². The Hall–Kier alpha value is -2.14. The molecule has 0 spiro atoms. The summed E-state index contributed by atoms with van der Waals surface area (Å²) in [5.41, 5.74) is 2.56. The molecule has 3 aromatic rings. The fourth-order valence-electron chi connectivity index (χ4n) is 1.95. The molecule has 0 aliphatic heterocycles. The lowest BCUT2D eigenvalue weighted by Crippen LogP contribution is -2.23. The summed E-state index contributed by atoms with van der Waals surface area (Å²) in [6.07, 6.45) is 3.89. The van der Waals surface area contributed by atoms with Crippen LogP contribution in [-0.2, 0) is 6.54 Å². The summed E-state index contributed by atoms with van der Waals surface area (Å²) in [6, 6.07) is 7.56. The highest BCUT2D eigenvalue weighted by Gasteiger charge is 2.09. The maximum Gasteiger partial charge on any atom is 0.251 e. The second kappa shape index (κ2) is 4.85. The largest absolute Gasteiger partial charge is 0.346 e. The van der Waals surface area contributed by atoms with Crippen LogP contribution in [0.4, 0.5) is 0 Å². The average molecular weight is 271 g/mol. The van der Waals surface area contributed by atoms with Gasteiger partial charge in [0.25, 0.3) is 5.91 Å². The van der Waals surface area contributed by atoms with Crippen LogP contribution in [0.25, 0.3) is 4.96 Å². The van der Waals surface area contributed by atoms with Crippen molar-refractivity contribution in [3.05, 3.63) is 58.9 Å². The summed E-state index contributed by atoms with van der Waals surface area (Å²) in [4.78, 5) is 17.4. The van der Waals surface area contributed by atoms with Gasteiger partial charge in [-0.25, -0.2) is 4.98 Å². The first kappa shape index (κ1) is 11.9. The summed E-state index contributed by atoms with van der Waals surface area (Å²) in [7, 11) is 0. The minimum absolute atomic E-state index is 0.0607. The van der Waals surface area contributed by atoms with Gasteiger partial charge in [0.1, 0.15) is 0 Å². The molecule has 0 bridgehead atoms. The zero-order valence-corrected chi connectivity index (χ0v) is 11.3. The van der Waals surface area contributed by atoms with E-state index in [4.69, 9.17) is 0 Å². The highest BCUT2D eigenvalue weighted by atomic mass is 32.1. The molecule has 0 aliphatic carbocycles. The van der Waals surface area contributed by atoms with Crippen molar-refractivity contribution < 1.29 is 4.79 Å². The molecule has 1 N–H and O–H groups in total. The summed E-state index contributed by atoms with van der Waals surface area (Å²) in [6.45, 7) is 2.38. The Morgan fingerprint density at radius 1 is 1.42 bits per heavy atom. The third-order valence-corrected chi connectivity index (χ3v) is 3.73. The molecule has 4 nitrogen and oxygen atoms in total. The summed E-state index contributed by atoms with van der Waals surface area (Å²) < 4.78 is 1.96. The van der Waals surface area contributed by atoms with E-state index in [0.29, 0.717) is 12.1 Å². The SMILES string of the molecule is Cc1ccccc1C(=O)NCc1cn2ccsc2n1. The number of thiazole rings is 1. The predicted octanol–water partition coefficient (Wildman–Crippen LogP) is 2.63. The minimum Gasteiger partial charge on any atom is -0.346 e. The van der Waals surface area contributed by atoms with Crippen molar-refractivity contribution in [3.8, 4) is 0 Å². The highest BCUT2D eigenvalue weighted by Crippen LogP contribution is 2.11. The number of aryl methyl sites for hydroxylation is 1. The maximum absolute atomic E-state index is 12.0. The molecular formula is C14H13N3OS. The van der Waals surface area contributed by atoms with Crippen molar-refractivity contribution in [1.29, 1.82) is 0 Å². The fourth-order valence-corrected chi connectivity index (χ4v) is 2.67. The molecule has 0 saturated carbocycles. The number of hydrogen-bond donors (Lipinski definition) is 1. The predicted molar refractivity (Wildman–Crippen MR) is 75.4 cm³/mol. The van der Waals surface area contributed by atoms with Crippen LogP contribution in [-0.4, -0.2) is 15.3 Å². The van der Waals surface area contributed by atoms with E-state index in [1.54, 1.807) is 11.3 Å². The molecule has 0 aliphatic rings. The van der Waals surface area contributed by atoms with Crippen LogP contribution in [0, 0.1) is 6.92 Å². The van der Waals surface area contributed by atoms with Crippen LogP contribution >= 0.6 is 11.3 Å². The fraction of sp³-hybridized carbons (Fsp3) is 0.143. The average Bonchev–Trinajstić information content (AvgIpc) is 2.97. The Bertz CT molecular complexity index is 700. The first-order valence-corrected chi connectivity index (χ1v) is 6.87. The number of imidazole rings is 1. The van der Waals surface area contributed by atoms with E-state index in [0.717, 1.165) is 16.2 Å². The van der Waals surface area contributed by atoms with E-state index < -0.39 is 0 Å². The zero-order chi connectivity index (χ0) is 13.2. The van der Waals surface area contributed by atoms with Gasteiger partial charge >= 0.3 is 0 Å². The van der Waals surface area contributed by atoms with Crippen LogP contribution in [0.5, 0.6) is 0 Å². The molecule has 2 aromatic heterocycles. The molecule has 2 heterocycles. The minimum atomic E-state index is -0.0607. The Morgan fingerprint density at radius 2 is 2.26 bits per heavy atom. The number of amides is 1. The van der Waals surface area contributed by atoms with Gasteiger partial charge in [0.2, 0.25) is 0 Å². The standard InChI is InChI=1S/C14H13N3OS/c1-10-4-2-3-5-12(10)13(18)15-8-11-9-17-6-7-19-14(17)16-11/h2-7,9H,8H2,1H3,(H,15,18). The van der Waals surface area contributed by atoms with Gasteiger partial charge in [-0.2, -0.15) is 0 Å². The molecule has 96 valence electrons. The maximum atomic E-state index is 12.0. The number of nitrogens with one attached hydrogen (secondary N) is 1. The van der Waals surface area contributed by atoms with E-state index in [2.05, 4.69) is 10.3 Å². The number of aromatic nitrogens is 2. The second-order valence-corrected chi connectivity index (χ2v) is 5.20. The number of carbonyl (C=O) groups is 1. The van der Waals surface area contributed by atoms with Crippen LogP contribution in [0.3, 0.4) is 0 Å². The van der Waals surface area contributed by atoms with Gasteiger partial charge in [0.15, 0.2) is 4.96 Å². The first-order chi connectivity index (χ1) is 9.24. The molecule has 3 rings (SSSR count). The van der Waals surface area contributed by atoms with Crippen LogP contribution < -0.4 is 5.32 Å². The summed E-state index contributed by atoms with van der Waals surface area (Å²) in [5, 5.41) is 4.88. The lowest BCUT2D eigenvalue weighted by molar-refractivity contribution is 0.0950. The molecule has 0 atom stereocenters. The van der Waals surface area contributed by atoms with Gasteiger partial charge in [-0.05, 0) is 18.6 Å². The number of benzene rings is 1. The summed E-state index contributed by atoms with van der Waals surface area (Å²) >= 11 is 1.58.